The molecular formula is C30H36F2N3O8P. The molecule has 0 radical (unpaired) electrons. The van der Waals surface area contributed by atoms with Crippen molar-refractivity contribution in [3.8, 4) is 16.9 Å². The van der Waals surface area contributed by atoms with E-state index in [9.17, 15) is 23.7 Å². The number of aryl methyl sites for hydroxylation is 1. The van der Waals surface area contributed by atoms with Gasteiger partial charge in [0.05, 0.1) is 12.7 Å². The average Bonchev–Trinajstić information content (AvgIpc) is 3.17. The van der Waals surface area contributed by atoms with Gasteiger partial charge in [-0.05, 0) is 81.7 Å². The number of esters is 1. The van der Waals surface area contributed by atoms with Crippen LogP contribution >= 0.6 is 7.75 Å². The van der Waals surface area contributed by atoms with E-state index in [1.807, 2.05) is 0 Å². The van der Waals surface area contributed by atoms with Gasteiger partial charge in [-0.1, -0.05) is 24.8 Å². The van der Waals surface area contributed by atoms with Crippen LogP contribution in [0.5, 0.6) is 5.75 Å². The maximum atomic E-state index is 15.7. The smallest absolute Gasteiger partial charge is 0.459 e. The molecule has 4 rings (SSSR count). The third kappa shape index (κ3) is 7.54. The Morgan fingerprint density at radius 3 is 2.50 bits per heavy atom. The van der Waals surface area contributed by atoms with E-state index >= 15 is 4.39 Å². The number of carbonyl (C=O) groups excluding carboxylic acids is 2. The quantitative estimate of drug-likeness (QED) is 0.228. The van der Waals surface area contributed by atoms with E-state index in [2.05, 4.69) is 17.0 Å². The first-order chi connectivity index (χ1) is 20.6. The largest absolute Gasteiger partial charge is 0.462 e. The molecule has 2 aliphatic rings. The molecule has 3 N–H and O–H groups in total. The van der Waals surface area contributed by atoms with Crippen LogP contribution < -0.4 is 14.9 Å². The highest BCUT2D eigenvalue weighted by molar-refractivity contribution is 7.52. The fourth-order valence-corrected chi connectivity index (χ4v) is 6.08. The summed E-state index contributed by atoms with van der Waals surface area (Å²) < 4.78 is 65.6. The van der Waals surface area contributed by atoms with Gasteiger partial charge in [0.15, 0.2) is 11.9 Å². The van der Waals surface area contributed by atoms with Crippen molar-refractivity contribution in [3.05, 3.63) is 78.4 Å². The van der Waals surface area contributed by atoms with E-state index in [1.165, 1.54) is 37.4 Å². The number of urea groups is 1. The zero-order valence-electron chi connectivity index (χ0n) is 25.0. The summed E-state index contributed by atoms with van der Waals surface area (Å²) in [6.45, 7) is 10.4. The first kappa shape index (κ1) is 33.3. The van der Waals surface area contributed by atoms with Crippen LogP contribution in [0.4, 0.5) is 13.6 Å². The normalized spacial score (nSPS) is 25.5. The summed E-state index contributed by atoms with van der Waals surface area (Å²) >= 11 is 0. The van der Waals surface area contributed by atoms with E-state index in [0.29, 0.717) is 11.3 Å². The van der Waals surface area contributed by atoms with Gasteiger partial charge >= 0.3 is 19.7 Å². The molecule has 44 heavy (non-hydrogen) atoms. The number of amides is 2. The molecule has 238 valence electrons. The summed E-state index contributed by atoms with van der Waals surface area (Å²) in [6, 6.07) is 9.13. The second-order valence-electron chi connectivity index (χ2n) is 11.0. The summed E-state index contributed by atoms with van der Waals surface area (Å²) in [5, 5.41) is 15.7. The predicted octanol–water partition coefficient (Wildman–Crippen LogP) is 5.10. The van der Waals surface area contributed by atoms with Crippen molar-refractivity contribution in [2.75, 3.05) is 6.61 Å². The number of hydrogen-bond acceptors (Lipinski definition) is 8. The number of aliphatic hydroxyl groups excluding tert-OH is 1. The highest BCUT2D eigenvalue weighted by Crippen LogP contribution is 2.47. The molecule has 0 saturated carbocycles. The molecule has 1 saturated heterocycles. The Hall–Kier alpha value is -3.61. The third-order valence-electron chi connectivity index (χ3n) is 6.95. The summed E-state index contributed by atoms with van der Waals surface area (Å²) in [5.41, 5.74) is -0.211. The molecule has 0 aliphatic carbocycles. The van der Waals surface area contributed by atoms with Crippen LogP contribution in [0.2, 0.25) is 0 Å². The summed E-state index contributed by atoms with van der Waals surface area (Å²) in [7, 11) is -4.42. The predicted molar refractivity (Wildman–Crippen MR) is 157 cm³/mol. The molecular weight excluding hydrogens is 599 g/mol. The Morgan fingerprint density at radius 2 is 1.89 bits per heavy atom. The van der Waals surface area contributed by atoms with Gasteiger partial charge < -0.3 is 24.4 Å². The topological polar surface area (TPSA) is 136 Å². The zero-order chi connectivity index (χ0) is 32.4. The molecule has 11 nitrogen and oxygen atoms in total. The molecule has 14 heteroatoms. The Morgan fingerprint density at radius 1 is 1.23 bits per heavy atom. The Bertz CT molecular complexity index is 1480. The standard InChI is InChI=1S/C30H36F2N3O8P/c1-17(2)41-27(37)20(5)34-44(39,43-23-10-7-21(8-11-23)22-9-12-24(31)18(3)15-22)40-16-25-26(36)30(6,32)28(42-25)35-14-13-19(4)33-29(35)38/h7-15,17,20,25-26,28,36H,4,16H2,1-3,5-6H3,(H,33,38)(H,34,39)/t20-,25+,26+,28+,30+,44?/m0/s1. The first-order valence-electron chi connectivity index (χ1n) is 13.9. The van der Waals surface area contributed by atoms with E-state index in [4.69, 9.17) is 18.5 Å². The molecule has 1 unspecified atom stereocenters. The molecule has 2 heterocycles. The number of halogens is 2. The lowest BCUT2D eigenvalue weighted by Crippen LogP contribution is -2.53. The van der Waals surface area contributed by atoms with Crippen molar-refractivity contribution in [2.24, 2.45) is 0 Å². The highest BCUT2D eigenvalue weighted by Gasteiger charge is 2.57. The zero-order valence-corrected chi connectivity index (χ0v) is 25.8. The Labute approximate surface area is 254 Å². The molecule has 1 fully saturated rings. The second kappa shape index (κ2) is 13.2. The fraction of sp³-hybridized carbons (Fsp3) is 0.400. The number of hydrogen-bond donors (Lipinski definition) is 3. The third-order valence-corrected chi connectivity index (χ3v) is 8.59. The monoisotopic (exact) mass is 635 g/mol. The van der Waals surface area contributed by atoms with Crippen LogP contribution in [0.25, 0.3) is 11.1 Å². The van der Waals surface area contributed by atoms with E-state index in [1.54, 1.807) is 45.0 Å². The number of aliphatic hydroxyl groups is 1. The Kier molecular flexibility index (Phi) is 9.96. The van der Waals surface area contributed by atoms with Crippen molar-refractivity contribution in [1.82, 2.24) is 15.3 Å². The van der Waals surface area contributed by atoms with Gasteiger partial charge in [0.25, 0.3) is 0 Å². The number of benzene rings is 2. The highest BCUT2D eigenvalue weighted by atomic mass is 31.2. The maximum absolute atomic E-state index is 15.7. The fourth-order valence-electron chi connectivity index (χ4n) is 4.57. The Balaban J connectivity index is 1.53. The summed E-state index contributed by atoms with van der Waals surface area (Å²) in [6.07, 6.45) is -2.48. The minimum atomic E-state index is -4.42. The van der Waals surface area contributed by atoms with Gasteiger partial charge in [0.1, 0.15) is 29.8 Å². The van der Waals surface area contributed by atoms with Crippen LogP contribution in [0.1, 0.15) is 33.3 Å². The van der Waals surface area contributed by atoms with Crippen molar-refractivity contribution in [1.29, 1.82) is 0 Å². The van der Waals surface area contributed by atoms with Crippen molar-refractivity contribution in [3.63, 3.8) is 0 Å². The van der Waals surface area contributed by atoms with Gasteiger partial charge in [0, 0.05) is 11.9 Å². The second-order valence-corrected chi connectivity index (χ2v) is 12.7. The minimum Gasteiger partial charge on any atom is -0.462 e. The number of carbonyl (C=O) groups is 2. The van der Waals surface area contributed by atoms with Crippen LogP contribution in [0.15, 0.2) is 67.0 Å². The number of nitrogens with zero attached hydrogens (tertiary/aromatic N) is 1. The van der Waals surface area contributed by atoms with Crippen molar-refractivity contribution >= 4 is 19.7 Å². The van der Waals surface area contributed by atoms with E-state index in [0.717, 1.165) is 23.0 Å². The molecule has 0 spiro atoms. The van der Waals surface area contributed by atoms with Crippen LogP contribution in [0.3, 0.4) is 0 Å². The number of allylic oxidation sites excluding steroid dienone is 1. The lowest BCUT2D eigenvalue weighted by atomic mass is 9.98. The van der Waals surface area contributed by atoms with Gasteiger partial charge in [-0.3, -0.25) is 14.2 Å². The van der Waals surface area contributed by atoms with Gasteiger partial charge in [-0.2, -0.15) is 5.09 Å². The minimum absolute atomic E-state index is 0.0873. The van der Waals surface area contributed by atoms with Crippen molar-refractivity contribution < 1.29 is 46.6 Å². The lowest BCUT2D eigenvalue weighted by molar-refractivity contribution is -0.149. The molecule has 0 bridgehead atoms. The van der Waals surface area contributed by atoms with E-state index < -0.39 is 62.6 Å². The van der Waals surface area contributed by atoms with Crippen LogP contribution in [-0.4, -0.2) is 64.9 Å². The number of nitrogens with one attached hydrogen (secondary N) is 2. The molecule has 6 atom stereocenters. The number of alkyl halides is 1. The molecule has 2 aromatic rings. The maximum Gasteiger partial charge on any atom is 0.459 e. The number of rotatable bonds is 11. The molecule has 0 aromatic heterocycles. The first-order valence-corrected chi connectivity index (χ1v) is 15.4. The summed E-state index contributed by atoms with van der Waals surface area (Å²) in [4.78, 5) is 25.9. The van der Waals surface area contributed by atoms with Gasteiger partial charge in [-0.15, -0.1) is 0 Å². The van der Waals surface area contributed by atoms with Gasteiger partial charge in [-0.25, -0.2) is 18.1 Å². The summed E-state index contributed by atoms with van der Waals surface area (Å²) in [5.74, 6) is -0.975. The number of ether oxygens (including phenoxy) is 2. The average molecular weight is 636 g/mol. The van der Waals surface area contributed by atoms with Crippen LogP contribution in [0, 0.1) is 12.7 Å². The van der Waals surface area contributed by atoms with Crippen molar-refractivity contribution in [2.45, 2.75) is 70.9 Å². The molecule has 2 aromatic carbocycles. The van der Waals surface area contributed by atoms with Gasteiger partial charge in [0.2, 0.25) is 0 Å². The molecule has 2 aliphatic heterocycles. The lowest BCUT2D eigenvalue weighted by Gasteiger charge is -2.33. The SMILES string of the molecule is C=C1C=CN([C@@H]2O[C@H](COP(=O)(N[C@@H](C)C(=O)OC(C)C)Oc3ccc(-c4ccc(F)c(C)c4)cc3)[C@@H](O)[C@@]2(C)F)C(=O)N1. The van der Waals surface area contributed by atoms with E-state index in [-0.39, 0.29) is 11.6 Å². The van der Waals surface area contributed by atoms with Crippen LogP contribution in [-0.2, 0) is 23.4 Å². The molecule has 2 amide bonds.